The summed E-state index contributed by atoms with van der Waals surface area (Å²) in [4.78, 5) is 0. The fourth-order valence-corrected chi connectivity index (χ4v) is 2.86. The zero-order chi connectivity index (χ0) is 11.9. The van der Waals surface area contributed by atoms with Gasteiger partial charge in [0, 0.05) is 11.5 Å². The minimum absolute atomic E-state index is 1.15. The van der Waals surface area contributed by atoms with E-state index in [1.165, 1.54) is 38.5 Å². The summed E-state index contributed by atoms with van der Waals surface area (Å²) in [5, 5.41) is 0. The minimum Gasteiger partial charge on any atom is -0.0897 e. The molecule has 0 spiro atoms. The Bertz CT molecular complexity index is 154. The van der Waals surface area contributed by atoms with Gasteiger partial charge in [0.2, 0.25) is 0 Å². The molecule has 0 heterocycles. The van der Waals surface area contributed by atoms with E-state index in [-0.39, 0.29) is 0 Å². The molecule has 0 aliphatic carbocycles. The third kappa shape index (κ3) is 14.2. The lowest BCUT2D eigenvalue weighted by molar-refractivity contribution is 0.814. The zero-order valence-corrected chi connectivity index (χ0v) is 12.4. The van der Waals surface area contributed by atoms with Gasteiger partial charge in [-0.1, -0.05) is 85.4 Å². The van der Waals surface area contributed by atoms with E-state index < -0.39 is 0 Å². The van der Waals surface area contributed by atoms with Gasteiger partial charge in [-0.3, -0.25) is 0 Å². The third-order valence-corrected chi connectivity index (χ3v) is 4.33. The van der Waals surface area contributed by atoms with Crippen molar-refractivity contribution in [3.63, 3.8) is 0 Å². The first-order chi connectivity index (χ1) is 7.91. The summed E-state index contributed by atoms with van der Waals surface area (Å²) in [6, 6.07) is 0. The SMILES string of the molecule is CCCC/C=C/CSSC/C=C/CCCC. The highest BCUT2D eigenvalue weighted by atomic mass is 33.1. The van der Waals surface area contributed by atoms with Gasteiger partial charge in [0.25, 0.3) is 0 Å². The second kappa shape index (κ2) is 15.2. The van der Waals surface area contributed by atoms with E-state index in [9.17, 15) is 0 Å². The van der Waals surface area contributed by atoms with Crippen molar-refractivity contribution in [2.24, 2.45) is 0 Å². The van der Waals surface area contributed by atoms with Crippen LogP contribution in [0.5, 0.6) is 0 Å². The molecule has 0 bridgehead atoms. The molecular weight excluding hydrogens is 232 g/mol. The van der Waals surface area contributed by atoms with Gasteiger partial charge in [0.15, 0.2) is 0 Å². The van der Waals surface area contributed by atoms with Crippen molar-refractivity contribution < 1.29 is 0 Å². The maximum atomic E-state index is 2.31. The fourth-order valence-electron chi connectivity index (χ4n) is 1.19. The van der Waals surface area contributed by atoms with E-state index >= 15 is 0 Å². The molecule has 0 N–H and O–H groups in total. The van der Waals surface area contributed by atoms with Gasteiger partial charge in [0.1, 0.15) is 0 Å². The molecule has 0 rings (SSSR count). The van der Waals surface area contributed by atoms with E-state index in [0.29, 0.717) is 0 Å². The Hall–Kier alpha value is 0.180. The van der Waals surface area contributed by atoms with Gasteiger partial charge in [-0.05, 0) is 12.8 Å². The highest BCUT2D eigenvalue weighted by molar-refractivity contribution is 8.76. The number of allylic oxidation sites excluding steroid dienone is 2. The van der Waals surface area contributed by atoms with Gasteiger partial charge in [-0.15, -0.1) is 0 Å². The lowest BCUT2D eigenvalue weighted by Gasteiger charge is -1.94. The molecule has 0 atom stereocenters. The summed E-state index contributed by atoms with van der Waals surface area (Å²) < 4.78 is 0. The van der Waals surface area contributed by atoms with E-state index in [1.54, 1.807) is 0 Å². The average Bonchev–Trinajstić information content (AvgIpc) is 2.31. The van der Waals surface area contributed by atoms with E-state index in [1.807, 2.05) is 21.6 Å². The number of hydrogen-bond acceptors (Lipinski definition) is 2. The summed E-state index contributed by atoms with van der Waals surface area (Å²) >= 11 is 0. The van der Waals surface area contributed by atoms with Crippen molar-refractivity contribution in [1.29, 1.82) is 0 Å². The number of unbranched alkanes of at least 4 members (excludes halogenated alkanes) is 4. The molecule has 16 heavy (non-hydrogen) atoms. The molecule has 0 saturated carbocycles. The normalized spacial score (nSPS) is 11.9. The Morgan fingerprint density at radius 3 is 1.50 bits per heavy atom. The molecule has 0 saturated heterocycles. The number of hydrogen-bond donors (Lipinski definition) is 0. The highest BCUT2D eigenvalue weighted by Gasteiger charge is 1.84. The van der Waals surface area contributed by atoms with Crippen molar-refractivity contribution in [1.82, 2.24) is 0 Å². The van der Waals surface area contributed by atoms with E-state index in [0.717, 1.165) is 11.5 Å². The first-order valence-electron chi connectivity index (χ1n) is 6.46. The van der Waals surface area contributed by atoms with Crippen LogP contribution in [0.15, 0.2) is 24.3 Å². The van der Waals surface area contributed by atoms with Crippen LogP contribution in [0.1, 0.15) is 52.4 Å². The second-order valence-corrected chi connectivity index (χ2v) is 6.35. The Morgan fingerprint density at radius 1 is 0.688 bits per heavy atom. The first-order valence-corrected chi connectivity index (χ1v) is 8.95. The standard InChI is InChI=1S/C14H26S2/c1-3-5-7-9-11-13-15-16-14-12-10-8-6-4-2/h9-12H,3-8,13-14H2,1-2H3/b11-9+,12-10+. The lowest BCUT2D eigenvalue weighted by Crippen LogP contribution is -1.72. The molecular formula is C14H26S2. The summed E-state index contributed by atoms with van der Waals surface area (Å²) in [5.41, 5.74) is 0. The molecule has 2 heteroatoms. The van der Waals surface area contributed by atoms with Crippen molar-refractivity contribution in [3.05, 3.63) is 24.3 Å². The zero-order valence-electron chi connectivity index (χ0n) is 10.8. The van der Waals surface area contributed by atoms with Gasteiger partial charge < -0.3 is 0 Å². The molecule has 0 unspecified atom stereocenters. The van der Waals surface area contributed by atoms with Crippen LogP contribution in [0.2, 0.25) is 0 Å². The van der Waals surface area contributed by atoms with Crippen molar-refractivity contribution in [2.75, 3.05) is 11.5 Å². The molecule has 0 amide bonds. The molecule has 0 aliphatic rings. The van der Waals surface area contributed by atoms with Crippen LogP contribution in [-0.4, -0.2) is 11.5 Å². The molecule has 0 fully saturated rings. The van der Waals surface area contributed by atoms with Gasteiger partial charge >= 0.3 is 0 Å². The van der Waals surface area contributed by atoms with Crippen LogP contribution >= 0.6 is 21.6 Å². The van der Waals surface area contributed by atoms with Crippen LogP contribution in [0.4, 0.5) is 0 Å². The largest absolute Gasteiger partial charge is 0.0897 e. The topological polar surface area (TPSA) is 0 Å². The summed E-state index contributed by atoms with van der Waals surface area (Å²) in [6.45, 7) is 4.48. The van der Waals surface area contributed by atoms with Gasteiger partial charge in [-0.25, -0.2) is 0 Å². The Kier molecular flexibility index (Phi) is 15.4. The molecule has 0 aromatic heterocycles. The maximum absolute atomic E-state index is 2.31. The highest BCUT2D eigenvalue weighted by Crippen LogP contribution is 2.21. The number of rotatable bonds is 11. The smallest absolute Gasteiger partial charge is 0.0217 e. The van der Waals surface area contributed by atoms with Crippen LogP contribution in [-0.2, 0) is 0 Å². The van der Waals surface area contributed by atoms with Crippen molar-refractivity contribution in [3.8, 4) is 0 Å². The van der Waals surface area contributed by atoms with E-state index in [4.69, 9.17) is 0 Å². The van der Waals surface area contributed by atoms with Crippen LogP contribution in [0.3, 0.4) is 0 Å². The molecule has 0 aromatic carbocycles. The third-order valence-electron chi connectivity index (χ3n) is 2.19. The predicted molar refractivity (Wildman–Crippen MR) is 82.2 cm³/mol. The van der Waals surface area contributed by atoms with Gasteiger partial charge in [0.05, 0.1) is 0 Å². The Labute approximate surface area is 110 Å². The molecule has 0 aromatic rings. The second-order valence-electron chi connectivity index (χ2n) is 3.80. The maximum Gasteiger partial charge on any atom is 0.0217 e. The molecule has 0 aliphatic heterocycles. The van der Waals surface area contributed by atoms with E-state index in [2.05, 4.69) is 38.2 Å². The predicted octanol–water partition coefficient (Wildman–Crippen LogP) is 5.86. The van der Waals surface area contributed by atoms with Crippen LogP contribution in [0, 0.1) is 0 Å². The van der Waals surface area contributed by atoms with Crippen molar-refractivity contribution >= 4 is 21.6 Å². The molecule has 0 nitrogen and oxygen atoms in total. The first kappa shape index (κ1) is 16.2. The van der Waals surface area contributed by atoms with Crippen molar-refractivity contribution in [2.45, 2.75) is 52.4 Å². The van der Waals surface area contributed by atoms with Crippen LogP contribution < -0.4 is 0 Å². The summed E-state index contributed by atoms with van der Waals surface area (Å²) in [6.07, 6.45) is 17.0. The fraction of sp³-hybridized carbons (Fsp3) is 0.714. The minimum atomic E-state index is 1.15. The monoisotopic (exact) mass is 258 g/mol. The van der Waals surface area contributed by atoms with Gasteiger partial charge in [-0.2, -0.15) is 0 Å². The summed E-state index contributed by atoms with van der Waals surface area (Å²) in [5.74, 6) is 2.30. The molecule has 0 radical (unpaired) electrons. The Balaban J connectivity index is 3.08. The van der Waals surface area contributed by atoms with Crippen LogP contribution in [0.25, 0.3) is 0 Å². The Morgan fingerprint density at radius 2 is 1.12 bits per heavy atom. The quantitative estimate of drug-likeness (QED) is 0.258. The average molecular weight is 258 g/mol. The lowest BCUT2D eigenvalue weighted by atomic mass is 10.2. The molecule has 94 valence electrons. The summed E-state index contributed by atoms with van der Waals surface area (Å²) in [7, 11) is 3.91.